The van der Waals surface area contributed by atoms with Crippen molar-refractivity contribution in [1.82, 2.24) is 4.98 Å². The van der Waals surface area contributed by atoms with E-state index in [1.165, 1.54) is 0 Å². The zero-order valence-corrected chi connectivity index (χ0v) is 17.3. The number of aromatic nitrogens is 1. The van der Waals surface area contributed by atoms with Gasteiger partial charge in [-0.15, -0.1) is 10.2 Å². The Bertz CT molecular complexity index is 1200. The highest BCUT2D eigenvalue weighted by Crippen LogP contribution is 2.36. The average molecular weight is 442 g/mol. The van der Waals surface area contributed by atoms with Gasteiger partial charge in [0.15, 0.2) is 5.69 Å². The molecule has 2 aromatic carbocycles. The van der Waals surface area contributed by atoms with Gasteiger partial charge >= 0.3 is 0 Å². The number of fused-ring (bicyclic) bond motifs is 1. The molecule has 3 N–H and O–H groups in total. The van der Waals surface area contributed by atoms with Gasteiger partial charge < -0.3 is 15.4 Å². The van der Waals surface area contributed by atoms with E-state index in [-0.39, 0.29) is 29.1 Å². The van der Waals surface area contributed by atoms with E-state index in [9.17, 15) is 14.7 Å². The van der Waals surface area contributed by atoms with Crippen LogP contribution in [-0.4, -0.2) is 32.3 Å². The van der Waals surface area contributed by atoms with Gasteiger partial charge in [-0.2, -0.15) is 4.99 Å². The monoisotopic (exact) mass is 441 g/mol. The van der Waals surface area contributed by atoms with E-state index in [0.29, 0.717) is 16.1 Å². The Hall–Kier alpha value is -3.17. The molecule has 0 radical (unpaired) electrons. The number of aromatic amines is 1. The van der Waals surface area contributed by atoms with E-state index in [4.69, 9.17) is 11.6 Å². The van der Waals surface area contributed by atoms with Crippen molar-refractivity contribution in [1.29, 1.82) is 0 Å². The molecule has 1 unspecified atom stereocenters. The van der Waals surface area contributed by atoms with Crippen molar-refractivity contribution in [3.63, 3.8) is 0 Å². The Balaban J connectivity index is 1.42. The Labute approximate surface area is 180 Å². The fraction of sp³-hybridized carbons (Fsp3) is 0.150. The number of aryl methyl sites for hydroxylation is 1. The number of anilines is 1. The summed E-state index contributed by atoms with van der Waals surface area (Å²) in [6.45, 7) is 1.93. The highest BCUT2D eigenvalue weighted by atomic mass is 35.5. The number of thioether (sulfide) groups is 1. The van der Waals surface area contributed by atoms with Crippen LogP contribution >= 0.6 is 23.4 Å². The van der Waals surface area contributed by atoms with Crippen LogP contribution in [0.15, 0.2) is 57.7 Å². The number of hydrogen-bond donors (Lipinski definition) is 3. The van der Waals surface area contributed by atoms with Crippen molar-refractivity contribution in [2.24, 2.45) is 15.2 Å². The Kier molecular flexibility index (Phi) is 5.56. The molecule has 152 valence electrons. The molecule has 2 amide bonds. The number of azo groups is 1. The summed E-state index contributed by atoms with van der Waals surface area (Å²) in [7, 11) is 0. The van der Waals surface area contributed by atoms with Crippen LogP contribution in [0.3, 0.4) is 0 Å². The number of rotatable bonds is 4. The first kappa shape index (κ1) is 20.1. The van der Waals surface area contributed by atoms with Crippen molar-refractivity contribution < 1.29 is 14.7 Å². The maximum Gasteiger partial charge on any atom is 0.262 e. The molecule has 1 aliphatic rings. The standard InChI is InChI=1S/C20H16ClN5O3S/c1-10-2-7-14-13(8-10)17(19(29)23-14)25-26-20-24-18(28)15(30-20)9-16(27)22-12-5-3-11(21)4-6-12/h2-8,15,23,29H,9H2,1H3,(H,22,27). The smallest absolute Gasteiger partial charge is 0.262 e. The van der Waals surface area contributed by atoms with Crippen LogP contribution in [0.1, 0.15) is 12.0 Å². The molecule has 2 heterocycles. The lowest BCUT2D eigenvalue weighted by molar-refractivity contribution is -0.121. The van der Waals surface area contributed by atoms with Gasteiger partial charge in [0.1, 0.15) is 5.25 Å². The Morgan fingerprint density at radius 2 is 2.03 bits per heavy atom. The highest BCUT2D eigenvalue weighted by Gasteiger charge is 2.31. The van der Waals surface area contributed by atoms with Gasteiger partial charge in [0.05, 0.1) is 5.52 Å². The summed E-state index contributed by atoms with van der Waals surface area (Å²) in [6.07, 6.45) is -0.0494. The number of nitrogens with one attached hydrogen (secondary N) is 2. The second-order valence-corrected chi connectivity index (χ2v) is 8.28. The predicted octanol–water partition coefficient (Wildman–Crippen LogP) is 4.95. The molecule has 0 bridgehead atoms. The first-order valence-corrected chi connectivity index (χ1v) is 10.2. The van der Waals surface area contributed by atoms with Crippen LogP contribution in [0.5, 0.6) is 5.88 Å². The second-order valence-electron chi connectivity index (χ2n) is 6.67. The van der Waals surface area contributed by atoms with Gasteiger partial charge in [-0.05, 0) is 43.3 Å². The number of benzene rings is 2. The highest BCUT2D eigenvalue weighted by molar-refractivity contribution is 8.15. The number of nitrogens with zero attached hydrogens (tertiary/aromatic N) is 3. The lowest BCUT2D eigenvalue weighted by atomic mass is 10.2. The first-order chi connectivity index (χ1) is 14.4. The lowest BCUT2D eigenvalue weighted by Crippen LogP contribution is -2.21. The summed E-state index contributed by atoms with van der Waals surface area (Å²) < 4.78 is 0. The fourth-order valence-electron chi connectivity index (χ4n) is 2.93. The summed E-state index contributed by atoms with van der Waals surface area (Å²) >= 11 is 6.89. The van der Waals surface area contributed by atoms with Crippen LogP contribution in [0, 0.1) is 6.92 Å². The molecule has 0 fully saturated rings. The third kappa shape index (κ3) is 4.37. The zero-order chi connectivity index (χ0) is 21.3. The average Bonchev–Trinajstić information content (AvgIpc) is 3.20. The van der Waals surface area contributed by atoms with E-state index in [1.54, 1.807) is 24.3 Å². The molecule has 0 aliphatic carbocycles. The fourth-order valence-corrected chi connectivity index (χ4v) is 3.93. The molecule has 1 aromatic heterocycles. The number of amides is 2. The van der Waals surface area contributed by atoms with Crippen molar-refractivity contribution in [3.8, 4) is 5.88 Å². The maximum absolute atomic E-state index is 12.2. The van der Waals surface area contributed by atoms with Gasteiger partial charge in [0.2, 0.25) is 17.0 Å². The van der Waals surface area contributed by atoms with Crippen molar-refractivity contribution in [3.05, 3.63) is 53.1 Å². The molecule has 10 heteroatoms. The SMILES string of the molecule is Cc1ccc2[nH]c(O)c(N=NC3=NC(=O)C(CC(=O)Nc4ccc(Cl)cc4)S3)c2c1. The quantitative estimate of drug-likeness (QED) is 0.496. The third-order valence-corrected chi connectivity index (χ3v) is 5.66. The van der Waals surface area contributed by atoms with Gasteiger partial charge in [0, 0.05) is 22.5 Å². The number of halogens is 1. The normalized spacial score (nSPS) is 16.4. The maximum atomic E-state index is 12.2. The molecule has 0 spiro atoms. The number of aromatic hydroxyl groups is 1. The molecular weight excluding hydrogens is 426 g/mol. The molecule has 30 heavy (non-hydrogen) atoms. The second kappa shape index (κ2) is 8.29. The Morgan fingerprint density at radius 1 is 1.27 bits per heavy atom. The van der Waals surface area contributed by atoms with E-state index >= 15 is 0 Å². The molecule has 0 saturated heterocycles. The molecule has 1 aliphatic heterocycles. The van der Waals surface area contributed by atoms with Gasteiger partial charge in [-0.25, -0.2) is 0 Å². The number of hydrogen-bond acceptors (Lipinski definition) is 6. The van der Waals surface area contributed by atoms with Crippen LogP contribution in [0.25, 0.3) is 10.9 Å². The van der Waals surface area contributed by atoms with Gasteiger partial charge in [0.25, 0.3) is 5.91 Å². The van der Waals surface area contributed by atoms with E-state index < -0.39 is 11.2 Å². The largest absolute Gasteiger partial charge is 0.493 e. The van der Waals surface area contributed by atoms with E-state index in [0.717, 1.165) is 22.8 Å². The summed E-state index contributed by atoms with van der Waals surface area (Å²) in [5.41, 5.74) is 2.59. The van der Waals surface area contributed by atoms with Crippen molar-refractivity contribution >= 4 is 62.6 Å². The van der Waals surface area contributed by atoms with Gasteiger partial charge in [-0.1, -0.05) is 35.0 Å². The summed E-state index contributed by atoms with van der Waals surface area (Å²) in [5, 5.41) is 21.6. The molecule has 1 atom stereocenters. The zero-order valence-electron chi connectivity index (χ0n) is 15.7. The molecular formula is C20H16ClN5O3S. The molecule has 3 aromatic rings. The number of carbonyl (C=O) groups excluding carboxylic acids is 2. The molecule has 8 nitrogen and oxygen atoms in total. The van der Waals surface area contributed by atoms with Crippen LogP contribution in [0.2, 0.25) is 5.02 Å². The number of H-pyrrole nitrogens is 1. The van der Waals surface area contributed by atoms with Crippen LogP contribution in [-0.2, 0) is 9.59 Å². The Morgan fingerprint density at radius 3 is 2.80 bits per heavy atom. The minimum Gasteiger partial charge on any atom is -0.493 e. The number of amidine groups is 1. The summed E-state index contributed by atoms with van der Waals surface area (Å²) in [5.74, 6) is -0.881. The topological polar surface area (TPSA) is 119 Å². The van der Waals surface area contributed by atoms with Crippen molar-refractivity contribution in [2.45, 2.75) is 18.6 Å². The minimum absolute atomic E-state index is 0.0494. The third-order valence-electron chi connectivity index (χ3n) is 4.37. The van der Waals surface area contributed by atoms with Crippen LogP contribution in [0.4, 0.5) is 11.4 Å². The predicted molar refractivity (Wildman–Crippen MR) is 118 cm³/mol. The summed E-state index contributed by atoms with van der Waals surface area (Å²) in [4.78, 5) is 31.0. The number of carbonyl (C=O) groups is 2. The molecule has 4 rings (SSSR count). The van der Waals surface area contributed by atoms with Gasteiger partial charge in [-0.3, -0.25) is 9.59 Å². The van der Waals surface area contributed by atoms with E-state index in [2.05, 4.69) is 25.5 Å². The van der Waals surface area contributed by atoms with E-state index in [1.807, 2.05) is 25.1 Å². The van der Waals surface area contributed by atoms with Crippen LogP contribution < -0.4 is 5.32 Å². The lowest BCUT2D eigenvalue weighted by Gasteiger charge is -2.07. The van der Waals surface area contributed by atoms with Crippen molar-refractivity contribution in [2.75, 3.05) is 5.32 Å². The minimum atomic E-state index is -0.676. The number of aliphatic imine (C=N–C) groups is 1. The summed E-state index contributed by atoms with van der Waals surface area (Å²) in [6, 6.07) is 12.3. The first-order valence-electron chi connectivity index (χ1n) is 8.96. The molecule has 0 saturated carbocycles.